The Kier molecular flexibility index (Phi) is 5.08. The van der Waals surface area contributed by atoms with Gasteiger partial charge in [0.1, 0.15) is 11.5 Å². The van der Waals surface area contributed by atoms with Crippen LogP contribution in [0.1, 0.15) is 18.1 Å². The average Bonchev–Trinajstić information content (AvgIpc) is 2.26. The van der Waals surface area contributed by atoms with Gasteiger partial charge in [-0.2, -0.15) is 0 Å². The van der Waals surface area contributed by atoms with Gasteiger partial charge in [0.25, 0.3) is 0 Å². The molecule has 1 aromatic carbocycles. The van der Waals surface area contributed by atoms with Crippen molar-refractivity contribution in [2.75, 3.05) is 20.8 Å². The van der Waals surface area contributed by atoms with E-state index in [0.717, 1.165) is 5.75 Å². The number of hydrogen-bond acceptors (Lipinski definition) is 4. The van der Waals surface area contributed by atoms with E-state index in [1.807, 2.05) is 6.92 Å². The summed E-state index contributed by atoms with van der Waals surface area (Å²) in [6, 6.07) is 3.56. The maximum Gasteiger partial charge on any atom is 0.126 e. The van der Waals surface area contributed by atoms with E-state index in [1.165, 1.54) is 0 Å². The van der Waals surface area contributed by atoms with Gasteiger partial charge in [-0.3, -0.25) is 0 Å². The monoisotopic (exact) mass is 226 g/mol. The summed E-state index contributed by atoms with van der Waals surface area (Å²) < 4.78 is 15.4. The first-order chi connectivity index (χ1) is 7.72. The molecule has 0 atom stereocenters. The molecule has 1 aromatic rings. The highest BCUT2D eigenvalue weighted by molar-refractivity contribution is 5.46. The van der Waals surface area contributed by atoms with Crippen LogP contribution < -0.4 is 4.74 Å². The second-order valence-electron chi connectivity index (χ2n) is 3.39. The number of methoxy groups -OCH3 is 2. The summed E-state index contributed by atoms with van der Waals surface area (Å²) in [7, 11) is 3.17. The fourth-order valence-corrected chi connectivity index (χ4v) is 1.51. The van der Waals surface area contributed by atoms with E-state index < -0.39 is 0 Å². The molecule has 0 fully saturated rings. The number of ether oxygens (including phenoxy) is 3. The van der Waals surface area contributed by atoms with Crippen LogP contribution in [-0.4, -0.2) is 25.9 Å². The van der Waals surface area contributed by atoms with Gasteiger partial charge in [-0.25, -0.2) is 0 Å². The number of phenolic OH excluding ortho intramolecular Hbond substituents is 1. The van der Waals surface area contributed by atoms with Crippen molar-refractivity contribution >= 4 is 0 Å². The average molecular weight is 226 g/mol. The number of rotatable bonds is 6. The molecule has 0 amide bonds. The van der Waals surface area contributed by atoms with Crippen molar-refractivity contribution in [3.63, 3.8) is 0 Å². The maximum atomic E-state index is 9.93. The molecule has 0 bridgehead atoms. The molecule has 0 radical (unpaired) electrons. The molecule has 0 aromatic heterocycles. The third-order valence-corrected chi connectivity index (χ3v) is 2.15. The lowest BCUT2D eigenvalue weighted by Gasteiger charge is -2.12. The van der Waals surface area contributed by atoms with Crippen molar-refractivity contribution in [2.24, 2.45) is 0 Å². The van der Waals surface area contributed by atoms with E-state index in [0.29, 0.717) is 30.9 Å². The van der Waals surface area contributed by atoms with Crippen molar-refractivity contribution < 1.29 is 19.3 Å². The molecule has 16 heavy (non-hydrogen) atoms. The first-order valence-electron chi connectivity index (χ1n) is 5.18. The van der Waals surface area contributed by atoms with E-state index in [1.54, 1.807) is 26.4 Å². The molecule has 0 aliphatic heterocycles. The zero-order chi connectivity index (χ0) is 12.0. The van der Waals surface area contributed by atoms with Crippen molar-refractivity contribution in [1.29, 1.82) is 0 Å². The van der Waals surface area contributed by atoms with Crippen LogP contribution in [0.3, 0.4) is 0 Å². The molecule has 0 saturated carbocycles. The van der Waals surface area contributed by atoms with Crippen molar-refractivity contribution in [3.8, 4) is 11.5 Å². The Morgan fingerprint density at radius 3 is 1.94 bits per heavy atom. The molecule has 0 aliphatic carbocycles. The second-order valence-corrected chi connectivity index (χ2v) is 3.39. The normalized spacial score (nSPS) is 10.4. The first-order valence-corrected chi connectivity index (χ1v) is 5.18. The topological polar surface area (TPSA) is 47.9 Å². The lowest BCUT2D eigenvalue weighted by Crippen LogP contribution is -1.99. The summed E-state index contributed by atoms with van der Waals surface area (Å²) in [5, 5.41) is 9.93. The molecule has 4 nitrogen and oxygen atoms in total. The van der Waals surface area contributed by atoms with Crippen LogP contribution in [0.2, 0.25) is 0 Å². The van der Waals surface area contributed by atoms with Crippen LogP contribution in [0, 0.1) is 0 Å². The summed E-state index contributed by atoms with van der Waals surface area (Å²) in [6.07, 6.45) is 0. The summed E-state index contributed by atoms with van der Waals surface area (Å²) in [6.45, 7) is 3.20. The van der Waals surface area contributed by atoms with Crippen LogP contribution in [0.15, 0.2) is 12.1 Å². The zero-order valence-corrected chi connectivity index (χ0v) is 9.95. The number of benzene rings is 1. The molecule has 90 valence electrons. The van der Waals surface area contributed by atoms with E-state index in [9.17, 15) is 5.11 Å². The predicted molar refractivity (Wildman–Crippen MR) is 60.7 cm³/mol. The van der Waals surface area contributed by atoms with Crippen molar-refractivity contribution in [1.82, 2.24) is 0 Å². The lowest BCUT2D eigenvalue weighted by atomic mass is 10.1. The van der Waals surface area contributed by atoms with Crippen LogP contribution in [0.4, 0.5) is 0 Å². The van der Waals surface area contributed by atoms with E-state index >= 15 is 0 Å². The highest BCUT2D eigenvalue weighted by atomic mass is 16.5. The molecule has 0 heterocycles. The zero-order valence-electron chi connectivity index (χ0n) is 9.95. The van der Waals surface area contributed by atoms with Gasteiger partial charge in [0.2, 0.25) is 0 Å². The molecule has 0 aliphatic rings. The second kappa shape index (κ2) is 6.35. The van der Waals surface area contributed by atoms with Gasteiger partial charge in [0, 0.05) is 25.3 Å². The van der Waals surface area contributed by atoms with Gasteiger partial charge in [-0.15, -0.1) is 0 Å². The van der Waals surface area contributed by atoms with Crippen LogP contribution >= 0.6 is 0 Å². The summed E-state index contributed by atoms with van der Waals surface area (Å²) in [5.41, 5.74) is 1.42. The molecular weight excluding hydrogens is 208 g/mol. The van der Waals surface area contributed by atoms with Gasteiger partial charge >= 0.3 is 0 Å². The maximum absolute atomic E-state index is 9.93. The largest absolute Gasteiger partial charge is 0.507 e. The van der Waals surface area contributed by atoms with Crippen LogP contribution in [-0.2, 0) is 22.7 Å². The quantitative estimate of drug-likeness (QED) is 0.806. The summed E-state index contributed by atoms with van der Waals surface area (Å²) in [5.74, 6) is 0.937. The van der Waals surface area contributed by atoms with Gasteiger partial charge < -0.3 is 19.3 Å². The van der Waals surface area contributed by atoms with Gasteiger partial charge in [-0.05, 0) is 19.1 Å². The fraction of sp³-hybridized carbons (Fsp3) is 0.500. The van der Waals surface area contributed by atoms with Gasteiger partial charge in [-0.1, -0.05) is 0 Å². The SMILES string of the molecule is CCOc1cc(COC)c(O)c(COC)c1. The standard InChI is InChI=1S/C12H18O4/c1-4-16-11-5-9(7-14-2)12(13)10(6-11)8-15-3/h5-6,13H,4,7-8H2,1-3H3. The minimum Gasteiger partial charge on any atom is -0.507 e. The predicted octanol–water partition coefficient (Wildman–Crippen LogP) is 2.08. The summed E-state index contributed by atoms with van der Waals surface area (Å²) >= 11 is 0. The third-order valence-electron chi connectivity index (χ3n) is 2.15. The Bertz CT molecular complexity index is 309. The van der Waals surface area contributed by atoms with E-state index in [2.05, 4.69) is 0 Å². The van der Waals surface area contributed by atoms with Crippen molar-refractivity contribution in [3.05, 3.63) is 23.3 Å². The molecule has 0 unspecified atom stereocenters. The minimum absolute atomic E-state index is 0.215. The Morgan fingerprint density at radius 2 is 1.56 bits per heavy atom. The molecule has 0 saturated heterocycles. The Hall–Kier alpha value is -1.26. The van der Waals surface area contributed by atoms with E-state index in [4.69, 9.17) is 14.2 Å². The smallest absolute Gasteiger partial charge is 0.126 e. The number of phenols is 1. The Balaban J connectivity index is 3.05. The highest BCUT2D eigenvalue weighted by Gasteiger charge is 2.10. The van der Waals surface area contributed by atoms with Gasteiger partial charge in [0.05, 0.1) is 19.8 Å². The highest BCUT2D eigenvalue weighted by Crippen LogP contribution is 2.29. The minimum atomic E-state index is 0.215. The lowest BCUT2D eigenvalue weighted by molar-refractivity contribution is 0.173. The van der Waals surface area contributed by atoms with Gasteiger partial charge in [0.15, 0.2) is 0 Å². The first kappa shape index (κ1) is 12.8. The summed E-state index contributed by atoms with van der Waals surface area (Å²) in [4.78, 5) is 0. The molecule has 1 rings (SSSR count). The van der Waals surface area contributed by atoms with E-state index in [-0.39, 0.29) is 5.75 Å². The molecule has 4 heteroatoms. The molecular formula is C12H18O4. The fourth-order valence-electron chi connectivity index (χ4n) is 1.51. The number of aromatic hydroxyl groups is 1. The number of hydrogen-bond donors (Lipinski definition) is 1. The Labute approximate surface area is 95.8 Å². The third kappa shape index (κ3) is 3.12. The molecule has 1 N–H and O–H groups in total. The Morgan fingerprint density at radius 1 is 1.06 bits per heavy atom. The molecule has 0 spiro atoms. The van der Waals surface area contributed by atoms with Crippen LogP contribution in [0.25, 0.3) is 0 Å². The van der Waals surface area contributed by atoms with Crippen molar-refractivity contribution in [2.45, 2.75) is 20.1 Å². The van der Waals surface area contributed by atoms with Crippen LogP contribution in [0.5, 0.6) is 11.5 Å².